The summed E-state index contributed by atoms with van der Waals surface area (Å²) in [5, 5.41) is 0. The zero-order chi connectivity index (χ0) is 13.5. The Hall–Kier alpha value is -0.740. The average Bonchev–Trinajstić information content (AvgIpc) is 2.43. The van der Waals surface area contributed by atoms with Crippen molar-refractivity contribution in [2.24, 2.45) is 5.73 Å². The van der Waals surface area contributed by atoms with E-state index in [0.29, 0.717) is 6.04 Å². The highest BCUT2D eigenvalue weighted by Gasteiger charge is 2.13. The second-order valence-electron chi connectivity index (χ2n) is 4.58. The number of rotatable bonds is 7. The fourth-order valence-corrected chi connectivity index (χ4v) is 2.79. The largest absolute Gasteiger partial charge is 0.370 e. The molecule has 2 atom stereocenters. The molecule has 0 saturated carbocycles. The van der Waals surface area contributed by atoms with Crippen LogP contribution in [0, 0.1) is 0 Å². The van der Waals surface area contributed by atoms with Gasteiger partial charge in [-0.2, -0.15) is 11.8 Å². The van der Waals surface area contributed by atoms with Crippen molar-refractivity contribution in [2.75, 3.05) is 24.0 Å². The lowest BCUT2D eigenvalue weighted by atomic mass is 10.1. The Kier molecular flexibility index (Phi) is 6.50. The summed E-state index contributed by atoms with van der Waals surface area (Å²) in [6, 6.07) is 4.79. The maximum Gasteiger partial charge on any atom is 0.0572 e. The molecule has 0 aliphatic heterocycles. The van der Waals surface area contributed by atoms with Gasteiger partial charge in [-0.25, -0.2) is 0 Å². The Bertz CT molecular complexity index is 339. The first-order valence-electron chi connectivity index (χ1n) is 6.57. The van der Waals surface area contributed by atoms with E-state index in [0.717, 1.165) is 24.3 Å². The molecule has 102 valence electrons. The van der Waals surface area contributed by atoms with Crippen LogP contribution in [0.1, 0.15) is 38.4 Å². The molecule has 0 radical (unpaired) electrons. The van der Waals surface area contributed by atoms with E-state index in [1.807, 2.05) is 24.0 Å². The highest BCUT2D eigenvalue weighted by molar-refractivity contribution is 7.98. The molecule has 1 unspecified atom stereocenters. The summed E-state index contributed by atoms with van der Waals surface area (Å²) in [4.78, 5) is 6.78. The van der Waals surface area contributed by atoms with Crippen molar-refractivity contribution >= 4 is 17.4 Å². The highest BCUT2D eigenvalue weighted by Crippen LogP contribution is 2.20. The summed E-state index contributed by atoms with van der Waals surface area (Å²) >= 11 is 1.89. The lowest BCUT2D eigenvalue weighted by Gasteiger charge is -2.28. The number of hydrogen-bond acceptors (Lipinski definition) is 4. The van der Waals surface area contributed by atoms with Crippen LogP contribution in [0.25, 0.3) is 0 Å². The maximum absolute atomic E-state index is 5.97. The molecule has 0 aliphatic carbocycles. The Morgan fingerprint density at radius 2 is 2.06 bits per heavy atom. The smallest absolute Gasteiger partial charge is 0.0572 e. The SMILES string of the molecule is CCC(CSC)N(C)c1ccc([C@H](N)CC)nc1. The number of nitrogens with two attached hydrogens (primary N) is 1. The van der Waals surface area contributed by atoms with Crippen LogP contribution < -0.4 is 10.6 Å². The van der Waals surface area contributed by atoms with E-state index >= 15 is 0 Å². The number of hydrogen-bond donors (Lipinski definition) is 1. The van der Waals surface area contributed by atoms with Gasteiger partial charge in [-0.15, -0.1) is 0 Å². The minimum Gasteiger partial charge on any atom is -0.370 e. The van der Waals surface area contributed by atoms with Crippen LogP contribution in [0.2, 0.25) is 0 Å². The molecule has 1 rings (SSSR count). The maximum atomic E-state index is 5.97. The van der Waals surface area contributed by atoms with Gasteiger partial charge in [0.2, 0.25) is 0 Å². The molecule has 1 aromatic heterocycles. The number of pyridine rings is 1. The zero-order valence-electron chi connectivity index (χ0n) is 11.9. The molecule has 0 aromatic carbocycles. The van der Waals surface area contributed by atoms with Crippen LogP contribution >= 0.6 is 11.8 Å². The minimum atomic E-state index is 0.0533. The van der Waals surface area contributed by atoms with Gasteiger partial charge >= 0.3 is 0 Å². The Labute approximate surface area is 115 Å². The van der Waals surface area contributed by atoms with Gasteiger partial charge in [-0.05, 0) is 31.2 Å². The van der Waals surface area contributed by atoms with Crippen molar-refractivity contribution in [3.63, 3.8) is 0 Å². The second-order valence-corrected chi connectivity index (χ2v) is 5.50. The second kappa shape index (κ2) is 7.64. The predicted octanol–water partition coefficient (Wildman–Crippen LogP) is 3.07. The Balaban J connectivity index is 2.77. The van der Waals surface area contributed by atoms with Gasteiger partial charge in [0.25, 0.3) is 0 Å². The summed E-state index contributed by atoms with van der Waals surface area (Å²) in [7, 11) is 2.14. The van der Waals surface area contributed by atoms with Crippen molar-refractivity contribution < 1.29 is 0 Å². The molecule has 18 heavy (non-hydrogen) atoms. The van der Waals surface area contributed by atoms with Crippen molar-refractivity contribution in [2.45, 2.75) is 38.8 Å². The van der Waals surface area contributed by atoms with E-state index in [1.54, 1.807) is 0 Å². The minimum absolute atomic E-state index is 0.0533. The molecule has 3 nitrogen and oxygen atoms in total. The summed E-state index contributed by atoms with van der Waals surface area (Å²) in [6.07, 6.45) is 6.16. The van der Waals surface area contributed by atoms with Gasteiger partial charge in [0.15, 0.2) is 0 Å². The summed E-state index contributed by atoms with van der Waals surface area (Å²) in [5.74, 6) is 1.14. The number of thioether (sulfide) groups is 1. The van der Waals surface area contributed by atoms with E-state index in [2.05, 4.69) is 43.1 Å². The summed E-state index contributed by atoms with van der Waals surface area (Å²) < 4.78 is 0. The fourth-order valence-electron chi connectivity index (χ4n) is 1.94. The van der Waals surface area contributed by atoms with Gasteiger partial charge in [0.1, 0.15) is 0 Å². The van der Waals surface area contributed by atoms with E-state index in [1.165, 1.54) is 5.69 Å². The zero-order valence-corrected chi connectivity index (χ0v) is 12.7. The van der Waals surface area contributed by atoms with Gasteiger partial charge in [0, 0.05) is 24.9 Å². The third-order valence-corrected chi connectivity index (χ3v) is 4.09. The highest BCUT2D eigenvalue weighted by atomic mass is 32.2. The van der Waals surface area contributed by atoms with Crippen molar-refractivity contribution in [3.05, 3.63) is 24.0 Å². The molecule has 0 spiro atoms. The topological polar surface area (TPSA) is 42.1 Å². The Morgan fingerprint density at radius 3 is 2.50 bits per heavy atom. The third-order valence-electron chi connectivity index (χ3n) is 3.38. The summed E-state index contributed by atoms with van der Waals surface area (Å²) in [5.41, 5.74) is 8.12. The monoisotopic (exact) mass is 267 g/mol. The fraction of sp³-hybridized carbons (Fsp3) is 0.643. The molecule has 0 saturated heterocycles. The summed E-state index contributed by atoms with van der Waals surface area (Å²) in [6.45, 7) is 4.31. The molecular formula is C14H25N3S. The number of aromatic nitrogens is 1. The molecule has 2 N–H and O–H groups in total. The quantitative estimate of drug-likeness (QED) is 0.824. The van der Waals surface area contributed by atoms with Crippen LogP contribution in [-0.4, -0.2) is 30.1 Å². The van der Waals surface area contributed by atoms with Crippen molar-refractivity contribution in [3.8, 4) is 0 Å². The van der Waals surface area contributed by atoms with Gasteiger partial charge in [-0.1, -0.05) is 13.8 Å². The van der Waals surface area contributed by atoms with E-state index < -0.39 is 0 Å². The molecule has 0 amide bonds. The van der Waals surface area contributed by atoms with Crippen LogP contribution in [0.4, 0.5) is 5.69 Å². The van der Waals surface area contributed by atoms with Gasteiger partial charge in [0.05, 0.1) is 17.6 Å². The Morgan fingerprint density at radius 1 is 1.33 bits per heavy atom. The van der Waals surface area contributed by atoms with Crippen LogP contribution in [-0.2, 0) is 0 Å². The van der Waals surface area contributed by atoms with E-state index in [-0.39, 0.29) is 6.04 Å². The van der Waals surface area contributed by atoms with Crippen LogP contribution in [0.15, 0.2) is 18.3 Å². The molecule has 0 bridgehead atoms. The number of nitrogens with zero attached hydrogens (tertiary/aromatic N) is 2. The first kappa shape index (κ1) is 15.3. The molecule has 1 heterocycles. The standard InChI is InChI=1S/C14H25N3S/c1-5-11(10-18-4)17(3)12-7-8-14(16-9-12)13(15)6-2/h7-9,11,13H,5-6,10,15H2,1-4H3/t11?,13-/m1/s1. The van der Waals surface area contributed by atoms with Crippen molar-refractivity contribution in [1.29, 1.82) is 0 Å². The first-order valence-corrected chi connectivity index (χ1v) is 7.96. The first-order chi connectivity index (χ1) is 8.63. The molecule has 0 fully saturated rings. The molecule has 0 aliphatic rings. The van der Waals surface area contributed by atoms with Gasteiger partial charge < -0.3 is 10.6 Å². The third kappa shape index (κ3) is 3.89. The normalized spacial score (nSPS) is 14.3. The molecular weight excluding hydrogens is 242 g/mol. The number of anilines is 1. The molecule has 1 aromatic rings. The predicted molar refractivity (Wildman–Crippen MR) is 82.3 cm³/mol. The van der Waals surface area contributed by atoms with E-state index in [4.69, 9.17) is 5.73 Å². The molecule has 4 heteroatoms. The van der Waals surface area contributed by atoms with E-state index in [9.17, 15) is 0 Å². The lowest BCUT2D eigenvalue weighted by Crippen LogP contribution is -2.33. The van der Waals surface area contributed by atoms with Crippen LogP contribution in [0.3, 0.4) is 0 Å². The van der Waals surface area contributed by atoms with Gasteiger partial charge in [-0.3, -0.25) is 4.98 Å². The van der Waals surface area contributed by atoms with Crippen molar-refractivity contribution in [1.82, 2.24) is 4.98 Å². The lowest BCUT2D eigenvalue weighted by molar-refractivity contribution is 0.662. The average molecular weight is 267 g/mol. The van der Waals surface area contributed by atoms with Crippen LogP contribution in [0.5, 0.6) is 0 Å².